The van der Waals surface area contributed by atoms with Gasteiger partial charge in [-0.05, 0) is 53.4 Å². The minimum absolute atomic E-state index is 0.128. The van der Waals surface area contributed by atoms with Gasteiger partial charge in [-0.25, -0.2) is 0 Å². The average molecular weight is 309 g/mol. The summed E-state index contributed by atoms with van der Waals surface area (Å²) in [4.78, 5) is 0. The van der Waals surface area contributed by atoms with Crippen LogP contribution in [0.15, 0.2) is 0 Å². The molecule has 0 aromatic heterocycles. The summed E-state index contributed by atoms with van der Waals surface area (Å²) in [6.07, 6.45) is 4.14. The SMILES string of the molecule is CCC(Cl)CC(Cl)CNC1CC(C)(C)NC(C)(C)C1. The molecule has 0 spiro atoms. The molecule has 1 rings (SSSR count). The van der Waals surface area contributed by atoms with Crippen LogP contribution >= 0.6 is 23.2 Å². The molecule has 1 fully saturated rings. The summed E-state index contributed by atoms with van der Waals surface area (Å²) in [6.45, 7) is 12.0. The number of halogens is 2. The van der Waals surface area contributed by atoms with Gasteiger partial charge < -0.3 is 10.6 Å². The van der Waals surface area contributed by atoms with Crippen molar-refractivity contribution in [1.29, 1.82) is 0 Å². The first-order valence-corrected chi connectivity index (χ1v) is 8.32. The molecule has 0 aliphatic carbocycles. The topological polar surface area (TPSA) is 24.1 Å². The van der Waals surface area contributed by atoms with Crippen molar-refractivity contribution in [3.05, 3.63) is 0 Å². The highest BCUT2D eigenvalue weighted by Crippen LogP contribution is 2.28. The number of hydrogen-bond acceptors (Lipinski definition) is 2. The summed E-state index contributed by atoms with van der Waals surface area (Å²) >= 11 is 12.5. The second-order valence-corrected chi connectivity index (χ2v) is 8.48. The van der Waals surface area contributed by atoms with Gasteiger partial charge in [0.05, 0.1) is 0 Å². The number of nitrogens with one attached hydrogen (secondary N) is 2. The van der Waals surface area contributed by atoms with E-state index in [-0.39, 0.29) is 21.8 Å². The van der Waals surface area contributed by atoms with Crippen molar-refractivity contribution in [2.45, 2.75) is 88.2 Å². The lowest BCUT2D eigenvalue weighted by atomic mass is 9.79. The Morgan fingerprint density at radius 2 is 1.63 bits per heavy atom. The lowest BCUT2D eigenvalue weighted by Crippen LogP contribution is -2.62. The fraction of sp³-hybridized carbons (Fsp3) is 1.00. The van der Waals surface area contributed by atoms with Crippen molar-refractivity contribution in [3.8, 4) is 0 Å². The lowest BCUT2D eigenvalue weighted by Gasteiger charge is -2.47. The first-order chi connectivity index (χ1) is 8.63. The zero-order valence-corrected chi connectivity index (χ0v) is 14.5. The summed E-state index contributed by atoms with van der Waals surface area (Å²) in [5, 5.41) is 7.66. The van der Waals surface area contributed by atoms with Crippen molar-refractivity contribution < 1.29 is 0 Å². The summed E-state index contributed by atoms with van der Waals surface area (Å²) < 4.78 is 0. The molecule has 1 aliphatic rings. The molecule has 19 heavy (non-hydrogen) atoms. The van der Waals surface area contributed by atoms with Gasteiger partial charge in [0.2, 0.25) is 0 Å². The van der Waals surface area contributed by atoms with Gasteiger partial charge in [0.25, 0.3) is 0 Å². The maximum Gasteiger partial charge on any atom is 0.0474 e. The third-order valence-electron chi connectivity index (χ3n) is 3.77. The van der Waals surface area contributed by atoms with Crippen LogP contribution in [0.1, 0.15) is 60.3 Å². The van der Waals surface area contributed by atoms with Gasteiger partial charge in [-0.15, -0.1) is 23.2 Å². The van der Waals surface area contributed by atoms with Crippen LogP contribution in [-0.4, -0.2) is 34.4 Å². The zero-order chi connectivity index (χ0) is 14.7. The molecule has 1 saturated heterocycles. The Morgan fingerprint density at radius 1 is 1.11 bits per heavy atom. The first-order valence-electron chi connectivity index (χ1n) is 7.44. The smallest absolute Gasteiger partial charge is 0.0474 e. The van der Waals surface area contributed by atoms with Gasteiger partial charge >= 0.3 is 0 Å². The monoisotopic (exact) mass is 308 g/mol. The molecule has 0 aromatic carbocycles. The van der Waals surface area contributed by atoms with Crippen LogP contribution in [0.2, 0.25) is 0 Å². The molecular weight excluding hydrogens is 279 g/mol. The Morgan fingerprint density at radius 3 is 2.11 bits per heavy atom. The van der Waals surface area contributed by atoms with Crippen molar-refractivity contribution in [2.24, 2.45) is 0 Å². The molecule has 0 aromatic rings. The Kier molecular flexibility index (Phi) is 6.44. The van der Waals surface area contributed by atoms with Crippen molar-refractivity contribution in [3.63, 3.8) is 0 Å². The van der Waals surface area contributed by atoms with Gasteiger partial charge in [0, 0.05) is 34.4 Å². The number of rotatable bonds is 6. The van der Waals surface area contributed by atoms with Crippen molar-refractivity contribution in [2.75, 3.05) is 6.54 Å². The Hall–Kier alpha value is 0.500. The minimum atomic E-state index is 0.128. The van der Waals surface area contributed by atoms with Gasteiger partial charge in [0.15, 0.2) is 0 Å². The second kappa shape index (κ2) is 6.98. The fourth-order valence-electron chi connectivity index (χ4n) is 3.29. The highest BCUT2D eigenvalue weighted by Gasteiger charge is 2.37. The molecule has 114 valence electrons. The fourth-order valence-corrected chi connectivity index (χ4v) is 3.90. The summed E-state index contributed by atoms with van der Waals surface area (Å²) in [6, 6.07) is 0.530. The van der Waals surface area contributed by atoms with E-state index in [0.29, 0.717) is 6.04 Å². The van der Waals surface area contributed by atoms with Crippen LogP contribution in [0.5, 0.6) is 0 Å². The number of alkyl halides is 2. The largest absolute Gasteiger partial charge is 0.312 e. The molecule has 0 bridgehead atoms. The highest BCUT2D eigenvalue weighted by molar-refractivity contribution is 6.23. The van der Waals surface area contributed by atoms with Crippen LogP contribution < -0.4 is 10.6 Å². The molecule has 2 nitrogen and oxygen atoms in total. The molecule has 2 atom stereocenters. The Labute approximate surface area is 129 Å². The molecule has 1 heterocycles. The van der Waals surface area contributed by atoms with E-state index in [1.807, 2.05) is 0 Å². The minimum Gasteiger partial charge on any atom is -0.312 e. The molecular formula is C15H30Cl2N2. The predicted octanol–water partition coefficient (Wildman–Crippen LogP) is 3.90. The third-order valence-corrected chi connectivity index (χ3v) is 4.59. The first kappa shape index (κ1) is 17.6. The average Bonchev–Trinajstić information content (AvgIpc) is 2.22. The number of hydrogen-bond donors (Lipinski definition) is 2. The summed E-state index contributed by atoms with van der Waals surface area (Å²) in [5.74, 6) is 0. The second-order valence-electron chi connectivity index (χ2n) is 7.24. The van der Waals surface area contributed by atoms with Gasteiger partial charge in [-0.1, -0.05) is 6.92 Å². The Bertz CT molecular complexity index is 263. The zero-order valence-electron chi connectivity index (χ0n) is 13.0. The van der Waals surface area contributed by atoms with Crippen LogP contribution in [-0.2, 0) is 0 Å². The van der Waals surface area contributed by atoms with E-state index in [1.165, 1.54) is 0 Å². The lowest BCUT2D eigenvalue weighted by molar-refractivity contribution is 0.146. The van der Waals surface area contributed by atoms with E-state index < -0.39 is 0 Å². The van der Waals surface area contributed by atoms with E-state index in [0.717, 1.165) is 32.2 Å². The molecule has 0 saturated carbocycles. The van der Waals surface area contributed by atoms with Crippen LogP contribution in [0.4, 0.5) is 0 Å². The van der Waals surface area contributed by atoms with Crippen LogP contribution in [0, 0.1) is 0 Å². The summed E-state index contributed by atoms with van der Waals surface area (Å²) in [7, 11) is 0. The third kappa shape index (κ3) is 6.66. The molecule has 1 aliphatic heterocycles. The molecule has 0 radical (unpaired) electrons. The predicted molar refractivity (Wildman–Crippen MR) is 86.5 cm³/mol. The van der Waals surface area contributed by atoms with E-state index >= 15 is 0 Å². The van der Waals surface area contributed by atoms with Crippen LogP contribution in [0.25, 0.3) is 0 Å². The van der Waals surface area contributed by atoms with Crippen molar-refractivity contribution >= 4 is 23.2 Å². The summed E-state index contributed by atoms with van der Waals surface area (Å²) in [5.41, 5.74) is 0.360. The number of piperidine rings is 1. The highest BCUT2D eigenvalue weighted by atomic mass is 35.5. The molecule has 2 unspecified atom stereocenters. The van der Waals surface area contributed by atoms with Crippen molar-refractivity contribution in [1.82, 2.24) is 10.6 Å². The van der Waals surface area contributed by atoms with Gasteiger partial charge in [0.1, 0.15) is 0 Å². The van der Waals surface area contributed by atoms with E-state index in [2.05, 4.69) is 45.3 Å². The molecule has 0 amide bonds. The van der Waals surface area contributed by atoms with Gasteiger partial charge in [-0.3, -0.25) is 0 Å². The van der Waals surface area contributed by atoms with E-state index in [4.69, 9.17) is 23.2 Å². The molecule has 2 N–H and O–H groups in total. The van der Waals surface area contributed by atoms with Gasteiger partial charge in [-0.2, -0.15) is 0 Å². The maximum absolute atomic E-state index is 6.35. The quantitative estimate of drug-likeness (QED) is 0.727. The van der Waals surface area contributed by atoms with E-state index in [9.17, 15) is 0 Å². The maximum atomic E-state index is 6.35. The van der Waals surface area contributed by atoms with Crippen LogP contribution in [0.3, 0.4) is 0 Å². The Balaban J connectivity index is 2.40. The standard InChI is InChI=1S/C15H30Cl2N2/c1-6-11(16)7-12(17)10-18-13-8-14(2,3)19-15(4,5)9-13/h11-13,18-19H,6-10H2,1-5H3. The normalized spacial score (nSPS) is 26.1. The molecule has 4 heteroatoms. The van der Waals surface area contributed by atoms with E-state index in [1.54, 1.807) is 0 Å².